The Morgan fingerprint density at radius 3 is 3.09 bits per heavy atom. The Kier molecular flexibility index (Phi) is 2.49. The van der Waals surface area contributed by atoms with Crippen molar-refractivity contribution in [1.29, 1.82) is 0 Å². The third-order valence-electron chi connectivity index (χ3n) is 2.35. The first-order valence-corrected chi connectivity index (χ1v) is 3.71. The summed E-state index contributed by atoms with van der Waals surface area (Å²) in [4.78, 5) is 11.1. The molecule has 2 atom stereocenters. The average Bonchev–Trinajstić information content (AvgIpc) is 2.36. The van der Waals surface area contributed by atoms with Gasteiger partial charge in [-0.1, -0.05) is 6.42 Å². The Morgan fingerprint density at radius 1 is 1.55 bits per heavy atom. The molecule has 0 aromatic rings. The Bertz CT molecular complexity index is 193. The average molecular weight is 175 g/mol. The number of amides is 1. The highest BCUT2D eigenvalue weighted by molar-refractivity contribution is 5.86. The molecule has 1 aliphatic carbocycles. The number of rotatable bonds is 0. The molecule has 3 nitrogen and oxygen atoms in total. The van der Waals surface area contributed by atoms with Crippen LogP contribution in [0, 0.1) is 11.8 Å². The van der Waals surface area contributed by atoms with Gasteiger partial charge in [0.25, 0.3) is 0 Å². The summed E-state index contributed by atoms with van der Waals surface area (Å²) in [5.74, 6) is 0.788. The van der Waals surface area contributed by atoms with Crippen LogP contribution >= 0.6 is 12.4 Å². The molecular formula is C7H11ClN2O. The SMILES string of the molecule is Cl.O=C1NN=CC2CCCC12. The van der Waals surface area contributed by atoms with Crippen LogP contribution in [0.25, 0.3) is 0 Å². The zero-order valence-electron chi connectivity index (χ0n) is 6.12. The van der Waals surface area contributed by atoms with Crippen LogP contribution in [0.3, 0.4) is 0 Å². The fraction of sp³-hybridized carbons (Fsp3) is 0.714. The summed E-state index contributed by atoms with van der Waals surface area (Å²) in [5, 5.41) is 3.78. The zero-order chi connectivity index (χ0) is 6.97. The summed E-state index contributed by atoms with van der Waals surface area (Å²) in [6.07, 6.45) is 5.23. The molecule has 62 valence electrons. The van der Waals surface area contributed by atoms with Crippen LogP contribution in [-0.2, 0) is 4.79 Å². The Morgan fingerprint density at radius 2 is 2.36 bits per heavy atom. The standard InChI is InChI=1S/C7H10N2O.ClH/c10-7-6-3-1-2-5(6)4-8-9-7;/h4-6H,1-3H2,(H,9,10);1H. The maximum absolute atomic E-state index is 11.1. The van der Waals surface area contributed by atoms with Gasteiger partial charge in [-0.25, -0.2) is 5.43 Å². The number of fused-ring (bicyclic) bond motifs is 1. The van der Waals surface area contributed by atoms with Crippen LogP contribution in [-0.4, -0.2) is 12.1 Å². The molecule has 0 spiro atoms. The van der Waals surface area contributed by atoms with E-state index in [1.54, 1.807) is 0 Å². The van der Waals surface area contributed by atoms with Crippen molar-refractivity contribution in [2.75, 3.05) is 0 Å². The van der Waals surface area contributed by atoms with Gasteiger partial charge in [0, 0.05) is 18.1 Å². The van der Waals surface area contributed by atoms with Crippen molar-refractivity contribution in [3.8, 4) is 0 Å². The summed E-state index contributed by atoms with van der Waals surface area (Å²) < 4.78 is 0. The second-order valence-electron chi connectivity index (χ2n) is 2.96. The van der Waals surface area contributed by atoms with Crippen LogP contribution in [0.2, 0.25) is 0 Å². The van der Waals surface area contributed by atoms with Gasteiger partial charge in [0.05, 0.1) is 0 Å². The predicted molar refractivity (Wildman–Crippen MR) is 44.7 cm³/mol. The predicted octanol–water partition coefficient (Wildman–Crippen LogP) is 0.940. The van der Waals surface area contributed by atoms with Crippen molar-refractivity contribution in [1.82, 2.24) is 5.43 Å². The van der Waals surface area contributed by atoms with Gasteiger partial charge in [0.1, 0.15) is 0 Å². The second kappa shape index (κ2) is 3.22. The summed E-state index contributed by atoms with van der Waals surface area (Å²) in [6.45, 7) is 0. The molecule has 0 bridgehead atoms. The van der Waals surface area contributed by atoms with Crippen LogP contribution in [0.15, 0.2) is 5.10 Å². The minimum Gasteiger partial charge on any atom is -0.273 e. The third-order valence-corrected chi connectivity index (χ3v) is 2.35. The zero-order valence-corrected chi connectivity index (χ0v) is 6.93. The molecule has 1 N–H and O–H groups in total. The summed E-state index contributed by atoms with van der Waals surface area (Å²) in [5.41, 5.74) is 2.48. The number of nitrogens with zero attached hydrogens (tertiary/aromatic N) is 1. The Balaban J connectivity index is 0.000000605. The number of hydrogen-bond acceptors (Lipinski definition) is 2. The lowest BCUT2D eigenvalue weighted by Gasteiger charge is -2.17. The molecule has 1 heterocycles. The molecule has 1 amide bonds. The van der Waals surface area contributed by atoms with E-state index in [4.69, 9.17) is 0 Å². The number of carbonyl (C=O) groups excluding carboxylic acids is 1. The minimum atomic E-state index is 0. The molecule has 0 aromatic carbocycles. The highest BCUT2D eigenvalue weighted by Gasteiger charge is 2.33. The first-order chi connectivity index (χ1) is 4.88. The van der Waals surface area contributed by atoms with E-state index in [1.807, 2.05) is 6.21 Å². The van der Waals surface area contributed by atoms with E-state index in [9.17, 15) is 4.79 Å². The Hall–Kier alpha value is -0.570. The molecule has 2 rings (SSSR count). The molecule has 11 heavy (non-hydrogen) atoms. The van der Waals surface area contributed by atoms with Crippen molar-refractivity contribution < 1.29 is 4.79 Å². The van der Waals surface area contributed by atoms with Crippen LogP contribution in [0.1, 0.15) is 19.3 Å². The number of hydrogen-bond donors (Lipinski definition) is 1. The smallest absolute Gasteiger partial charge is 0.243 e. The maximum atomic E-state index is 11.1. The molecule has 0 aromatic heterocycles. The number of halogens is 1. The molecule has 2 unspecified atom stereocenters. The van der Waals surface area contributed by atoms with Crippen LogP contribution < -0.4 is 5.43 Å². The van der Waals surface area contributed by atoms with Gasteiger partial charge in [-0.3, -0.25) is 4.79 Å². The molecule has 0 radical (unpaired) electrons. The summed E-state index contributed by atoms with van der Waals surface area (Å²) in [7, 11) is 0. The van der Waals surface area contributed by atoms with E-state index in [0.29, 0.717) is 5.92 Å². The van der Waals surface area contributed by atoms with E-state index >= 15 is 0 Å². The fourth-order valence-corrected chi connectivity index (χ4v) is 1.77. The van der Waals surface area contributed by atoms with E-state index in [1.165, 1.54) is 6.42 Å². The van der Waals surface area contributed by atoms with Crippen LogP contribution in [0.5, 0.6) is 0 Å². The molecular weight excluding hydrogens is 164 g/mol. The summed E-state index contributed by atoms with van der Waals surface area (Å²) in [6, 6.07) is 0. The number of carbonyl (C=O) groups is 1. The molecule has 2 aliphatic rings. The topological polar surface area (TPSA) is 41.5 Å². The van der Waals surface area contributed by atoms with E-state index in [-0.39, 0.29) is 24.2 Å². The lowest BCUT2D eigenvalue weighted by molar-refractivity contribution is -0.125. The van der Waals surface area contributed by atoms with Gasteiger partial charge in [0.2, 0.25) is 5.91 Å². The molecule has 0 saturated heterocycles. The van der Waals surface area contributed by atoms with Crippen molar-refractivity contribution >= 4 is 24.5 Å². The largest absolute Gasteiger partial charge is 0.273 e. The van der Waals surface area contributed by atoms with Gasteiger partial charge in [-0.2, -0.15) is 5.10 Å². The molecule has 4 heteroatoms. The quantitative estimate of drug-likeness (QED) is 0.584. The van der Waals surface area contributed by atoms with Crippen molar-refractivity contribution in [3.05, 3.63) is 0 Å². The van der Waals surface area contributed by atoms with Crippen molar-refractivity contribution in [2.45, 2.75) is 19.3 Å². The lowest BCUT2D eigenvalue weighted by atomic mass is 9.96. The normalized spacial score (nSPS) is 34.0. The number of nitrogens with one attached hydrogen (secondary N) is 1. The first-order valence-electron chi connectivity index (χ1n) is 3.71. The van der Waals surface area contributed by atoms with Crippen molar-refractivity contribution in [3.63, 3.8) is 0 Å². The van der Waals surface area contributed by atoms with E-state index in [2.05, 4.69) is 10.5 Å². The van der Waals surface area contributed by atoms with Gasteiger partial charge in [0.15, 0.2) is 0 Å². The van der Waals surface area contributed by atoms with E-state index < -0.39 is 0 Å². The third kappa shape index (κ3) is 1.38. The molecule has 1 saturated carbocycles. The molecule has 1 aliphatic heterocycles. The summed E-state index contributed by atoms with van der Waals surface area (Å²) >= 11 is 0. The van der Waals surface area contributed by atoms with Gasteiger partial charge in [-0.05, 0) is 12.8 Å². The highest BCUT2D eigenvalue weighted by Crippen LogP contribution is 2.31. The number of hydrazone groups is 1. The fourth-order valence-electron chi connectivity index (χ4n) is 1.77. The minimum absolute atomic E-state index is 0. The van der Waals surface area contributed by atoms with E-state index in [0.717, 1.165) is 12.8 Å². The maximum Gasteiger partial charge on any atom is 0.243 e. The lowest BCUT2D eigenvalue weighted by Crippen LogP contribution is -2.34. The second-order valence-corrected chi connectivity index (χ2v) is 2.96. The van der Waals surface area contributed by atoms with Crippen LogP contribution in [0.4, 0.5) is 0 Å². The monoisotopic (exact) mass is 174 g/mol. The molecule has 1 fully saturated rings. The Labute approximate surface area is 71.6 Å². The van der Waals surface area contributed by atoms with Gasteiger partial charge in [-0.15, -0.1) is 12.4 Å². The van der Waals surface area contributed by atoms with Gasteiger partial charge < -0.3 is 0 Å². The first kappa shape index (κ1) is 8.53. The van der Waals surface area contributed by atoms with Crippen molar-refractivity contribution in [2.24, 2.45) is 16.9 Å². The highest BCUT2D eigenvalue weighted by atomic mass is 35.5. The van der Waals surface area contributed by atoms with Gasteiger partial charge >= 0.3 is 0 Å².